The Morgan fingerprint density at radius 3 is 2.47 bits per heavy atom. The second kappa shape index (κ2) is 5.60. The van der Waals surface area contributed by atoms with Crippen molar-refractivity contribution >= 4 is 0 Å². The second-order valence-corrected chi connectivity index (χ2v) is 3.96. The number of nitrogens with one attached hydrogen (secondary N) is 1. The Hall–Kier alpha value is -2.24. The largest absolute Gasteiger partial charge is 0.506 e. The minimum absolute atomic E-state index is 0. The van der Waals surface area contributed by atoms with E-state index in [1.54, 1.807) is 19.1 Å². The average molecular weight is 265 g/mol. The molecule has 2 rings (SSSR count). The van der Waals surface area contributed by atoms with Crippen molar-refractivity contribution in [3.63, 3.8) is 0 Å². The highest BCUT2D eigenvalue weighted by atomic mass is 16.3. The van der Waals surface area contributed by atoms with E-state index in [-0.39, 0.29) is 19.7 Å². The summed E-state index contributed by atoms with van der Waals surface area (Å²) in [6, 6.07) is 4.98. The summed E-state index contributed by atoms with van der Waals surface area (Å²) in [7, 11) is 0. The smallest absolute Gasteiger partial charge is 0.351 e. The predicted octanol–water partition coefficient (Wildman–Crippen LogP) is 1.25. The number of aryl methyl sites for hydroxylation is 1. The van der Waals surface area contributed by atoms with Crippen LogP contribution >= 0.6 is 0 Å². The molecule has 2 aromatic rings. The Balaban J connectivity index is 0.00000180. The maximum Gasteiger partial charge on any atom is 0.351 e. The van der Waals surface area contributed by atoms with E-state index < -0.39 is 11.4 Å². The van der Waals surface area contributed by atoms with Gasteiger partial charge in [0.1, 0.15) is 11.4 Å². The standard InChI is InChI=1S/C12H15N3O3.CH4/c1-3-8-5-6-10(16)9(7-8)15-12(18)14(4-2)11(17)13-15;/h5-7,16H,3-4H2,1-2H3,(H,13,17);1H4. The second-order valence-electron chi connectivity index (χ2n) is 3.96. The van der Waals surface area contributed by atoms with Gasteiger partial charge in [0, 0.05) is 6.54 Å². The van der Waals surface area contributed by atoms with Crippen LogP contribution in [-0.4, -0.2) is 19.5 Å². The van der Waals surface area contributed by atoms with E-state index in [2.05, 4.69) is 5.10 Å². The maximum atomic E-state index is 12.0. The molecule has 0 fully saturated rings. The summed E-state index contributed by atoms with van der Waals surface area (Å²) in [6.07, 6.45) is 0.779. The van der Waals surface area contributed by atoms with Crippen molar-refractivity contribution in [3.8, 4) is 11.4 Å². The van der Waals surface area contributed by atoms with Crippen molar-refractivity contribution in [2.75, 3.05) is 0 Å². The topological polar surface area (TPSA) is 80.0 Å². The third-order valence-electron chi connectivity index (χ3n) is 2.88. The number of aromatic nitrogens is 3. The van der Waals surface area contributed by atoms with Crippen LogP contribution in [0.25, 0.3) is 5.69 Å². The summed E-state index contributed by atoms with van der Waals surface area (Å²) in [5, 5.41) is 12.2. The molecule has 0 aliphatic carbocycles. The molecule has 1 aromatic heterocycles. The Morgan fingerprint density at radius 1 is 1.26 bits per heavy atom. The van der Waals surface area contributed by atoms with Gasteiger partial charge in [-0.2, -0.15) is 4.68 Å². The predicted molar refractivity (Wildman–Crippen MR) is 74.1 cm³/mol. The third-order valence-corrected chi connectivity index (χ3v) is 2.88. The van der Waals surface area contributed by atoms with E-state index >= 15 is 0 Å². The lowest BCUT2D eigenvalue weighted by atomic mass is 10.1. The van der Waals surface area contributed by atoms with Crippen LogP contribution in [0.3, 0.4) is 0 Å². The van der Waals surface area contributed by atoms with E-state index in [1.165, 1.54) is 6.07 Å². The minimum atomic E-state index is -0.483. The highest BCUT2D eigenvalue weighted by Gasteiger charge is 2.12. The summed E-state index contributed by atoms with van der Waals surface area (Å²) < 4.78 is 2.14. The first-order valence-electron chi connectivity index (χ1n) is 5.82. The van der Waals surface area contributed by atoms with Gasteiger partial charge in [0.2, 0.25) is 0 Å². The summed E-state index contributed by atoms with van der Waals surface area (Å²) in [6.45, 7) is 3.97. The number of H-pyrrole nitrogens is 1. The number of phenols is 1. The van der Waals surface area contributed by atoms with Gasteiger partial charge < -0.3 is 5.11 Å². The van der Waals surface area contributed by atoms with Crippen LogP contribution < -0.4 is 11.4 Å². The lowest BCUT2D eigenvalue weighted by molar-refractivity contribution is 0.469. The Kier molecular flexibility index (Phi) is 4.37. The molecule has 0 radical (unpaired) electrons. The average Bonchev–Trinajstić information content (AvgIpc) is 2.65. The molecule has 1 aromatic carbocycles. The number of phenolic OH excluding ortho intramolecular Hbond substituents is 1. The van der Waals surface area contributed by atoms with Gasteiger partial charge in [0.25, 0.3) is 0 Å². The fourth-order valence-corrected chi connectivity index (χ4v) is 1.82. The molecule has 0 amide bonds. The van der Waals surface area contributed by atoms with E-state index in [0.717, 1.165) is 21.2 Å². The lowest BCUT2D eigenvalue weighted by Gasteiger charge is -2.05. The first kappa shape index (κ1) is 14.8. The molecule has 0 unspecified atom stereocenters. The van der Waals surface area contributed by atoms with Gasteiger partial charge in [-0.15, -0.1) is 0 Å². The van der Waals surface area contributed by atoms with Gasteiger partial charge in [0.05, 0.1) is 0 Å². The molecule has 6 nitrogen and oxygen atoms in total. The first-order chi connectivity index (χ1) is 8.58. The van der Waals surface area contributed by atoms with Gasteiger partial charge in [-0.05, 0) is 31.0 Å². The maximum absolute atomic E-state index is 12.0. The highest BCUT2D eigenvalue weighted by molar-refractivity contribution is 5.47. The Bertz CT molecular complexity index is 679. The van der Waals surface area contributed by atoms with E-state index in [4.69, 9.17) is 0 Å². The Morgan fingerprint density at radius 2 is 1.95 bits per heavy atom. The summed E-state index contributed by atoms with van der Waals surface area (Å²) in [4.78, 5) is 23.5. The van der Waals surface area contributed by atoms with Crippen molar-refractivity contribution in [3.05, 3.63) is 44.7 Å². The van der Waals surface area contributed by atoms with Crippen LogP contribution in [0.2, 0.25) is 0 Å². The van der Waals surface area contributed by atoms with Crippen molar-refractivity contribution in [1.82, 2.24) is 14.3 Å². The van der Waals surface area contributed by atoms with Crippen LogP contribution in [0.15, 0.2) is 27.8 Å². The quantitative estimate of drug-likeness (QED) is 0.876. The number of hydrogen-bond acceptors (Lipinski definition) is 3. The summed E-state index contributed by atoms with van der Waals surface area (Å²) in [5.74, 6) is -0.0428. The molecule has 0 saturated heterocycles. The van der Waals surface area contributed by atoms with Gasteiger partial charge in [-0.3, -0.25) is 0 Å². The SMILES string of the molecule is C.CCc1ccc(O)c(-n2[nH]c(=O)n(CC)c2=O)c1. The van der Waals surface area contributed by atoms with Gasteiger partial charge in [-0.25, -0.2) is 19.3 Å². The van der Waals surface area contributed by atoms with Gasteiger partial charge >= 0.3 is 11.4 Å². The molecule has 0 spiro atoms. The molecule has 1 heterocycles. The molecule has 0 aliphatic rings. The lowest BCUT2D eigenvalue weighted by Crippen LogP contribution is -2.27. The zero-order valence-corrected chi connectivity index (χ0v) is 10.3. The van der Waals surface area contributed by atoms with Crippen LogP contribution in [0, 0.1) is 0 Å². The number of aromatic amines is 1. The molecular formula is C13H19N3O3. The molecule has 0 atom stereocenters. The van der Waals surface area contributed by atoms with E-state index in [9.17, 15) is 14.7 Å². The summed E-state index contributed by atoms with van der Waals surface area (Å²) in [5.41, 5.74) is 0.304. The first-order valence-corrected chi connectivity index (χ1v) is 5.82. The normalized spacial score (nSPS) is 10.2. The fraction of sp³-hybridized carbons (Fsp3) is 0.385. The molecule has 0 aliphatic heterocycles. The van der Waals surface area contributed by atoms with E-state index in [0.29, 0.717) is 5.69 Å². The Labute approximate surface area is 110 Å². The molecule has 104 valence electrons. The summed E-state index contributed by atoms with van der Waals surface area (Å²) >= 11 is 0. The van der Waals surface area contributed by atoms with Crippen LogP contribution in [0.4, 0.5) is 0 Å². The molecule has 6 heteroatoms. The number of hydrogen-bond donors (Lipinski definition) is 2. The van der Waals surface area contributed by atoms with Gasteiger partial charge in [-0.1, -0.05) is 20.4 Å². The van der Waals surface area contributed by atoms with Crippen LogP contribution in [-0.2, 0) is 13.0 Å². The monoisotopic (exact) mass is 265 g/mol. The molecule has 0 bridgehead atoms. The van der Waals surface area contributed by atoms with Crippen molar-refractivity contribution < 1.29 is 5.11 Å². The number of nitrogens with zero attached hydrogens (tertiary/aromatic N) is 2. The van der Waals surface area contributed by atoms with Crippen molar-refractivity contribution in [1.29, 1.82) is 0 Å². The van der Waals surface area contributed by atoms with Crippen molar-refractivity contribution in [2.24, 2.45) is 0 Å². The van der Waals surface area contributed by atoms with Crippen molar-refractivity contribution in [2.45, 2.75) is 34.2 Å². The fourth-order valence-electron chi connectivity index (χ4n) is 1.82. The highest BCUT2D eigenvalue weighted by Crippen LogP contribution is 2.20. The zero-order chi connectivity index (χ0) is 13.3. The number of aromatic hydroxyl groups is 1. The molecule has 19 heavy (non-hydrogen) atoms. The molecule has 0 saturated carbocycles. The molecule has 2 N–H and O–H groups in total. The van der Waals surface area contributed by atoms with Crippen LogP contribution in [0.5, 0.6) is 5.75 Å². The van der Waals surface area contributed by atoms with E-state index in [1.807, 2.05) is 6.92 Å². The van der Waals surface area contributed by atoms with Crippen LogP contribution in [0.1, 0.15) is 26.8 Å². The third kappa shape index (κ3) is 2.47. The zero-order valence-electron chi connectivity index (χ0n) is 10.3. The molecular weight excluding hydrogens is 246 g/mol. The number of rotatable bonds is 3. The number of benzene rings is 1. The van der Waals surface area contributed by atoms with Gasteiger partial charge in [0.15, 0.2) is 0 Å². The minimum Gasteiger partial charge on any atom is -0.506 e.